The fourth-order valence-electron chi connectivity index (χ4n) is 1.80. The molecule has 22 heavy (non-hydrogen) atoms. The number of aryl methyl sites for hydroxylation is 1. The summed E-state index contributed by atoms with van der Waals surface area (Å²) < 4.78 is 27.5. The second-order valence-electron chi connectivity index (χ2n) is 6.46. The van der Waals surface area contributed by atoms with Crippen molar-refractivity contribution in [2.45, 2.75) is 45.1 Å². The molecule has 1 unspecified atom stereocenters. The molecule has 0 fully saturated rings. The molecular formula is C15H25N3O3S. The highest BCUT2D eigenvalue weighted by molar-refractivity contribution is 7.89. The number of carbonyl (C=O) groups excluding carboxylic acids is 1. The summed E-state index contributed by atoms with van der Waals surface area (Å²) >= 11 is 0. The molecule has 0 aliphatic heterocycles. The fourth-order valence-corrected chi connectivity index (χ4v) is 3.49. The Labute approximate surface area is 132 Å². The average molecular weight is 327 g/mol. The van der Waals surface area contributed by atoms with Gasteiger partial charge >= 0.3 is 0 Å². The van der Waals surface area contributed by atoms with E-state index in [1.807, 2.05) is 0 Å². The quantitative estimate of drug-likeness (QED) is 0.764. The second-order valence-corrected chi connectivity index (χ2v) is 8.11. The minimum Gasteiger partial charge on any atom is -0.330 e. The van der Waals surface area contributed by atoms with Gasteiger partial charge in [-0.3, -0.25) is 4.79 Å². The summed E-state index contributed by atoms with van der Waals surface area (Å²) in [5.41, 5.74) is 5.92. The van der Waals surface area contributed by atoms with E-state index in [-0.39, 0.29) is 23.3 Å². The van der Waals surface area contributed by atoms with Crippen molar-refractivity contribution in [2.24, 2.45) is 11.7 Å². The number of benzene rings is 1. The minimum atomic E-state index is -3.66. The van der Waals surface area contributed by atoms with Gasteiger partial charge < -0.3 is 11.1 Å². The van der Waals surface area contributed by atoms with Crippen molar-refractivity contribution < 1.29 is 13.2 Å². The fraction of sp³-hybridized carbons (Fsp3) is 0.533. The monoisotopic (exact) mass is 327 g/mol. The van der Waals surface area contributed by atoms with E-state index in [0.29, 0.717) is 11.3 Å². The molecule has 7 heteroatoms. The van der Waals surface area contributed by atoms with Crippen molar-refractivity contribution >= 4 is 21.6 Å². The molecule has 0 aromatic heterocycles. The van der Waals surface area contributed by atoms with Crippen LogP contribution in [0.25, 0.3) is 0 Å². The van der Waals surface area contributed by atoms with E-state index in [4.69, 9.17) is 5.73 Å². The van der Waals surface area contributed by atoms with Crippen LogP contribution in [0, 0.1) is 12.8 Å². The molecule has 1 aromatic rings. The lowest BCUT2D eigenvalue weighted by molar-refractivity contribution is -0.119. The van der Waals surface area contributed by atoms with E-state index < -0.39 is 15.6 Å². The van der Waals surface area contributed by atoms with Gasteiger partial charge in [-0.05, 0) is 45.4 Å². The summed E-state index contributed by atoms with van der Waals surface area (Å²) in [5, 5.41) is 2.68. The number of hydrogen-bond donors (Lipinski definition) is 3. The molecule has 0 heterocycles. The van der Waals surface area contributed by atoms with Gasteiger partial charge in [-0.25, -0.2) is 13.1 Å². The van der Waals surface area contributed by atoms with Gasteiger partial charge in [0.15, 0.2) is 0 Å². The topological polar surface area (TPSA) is 101 Å². The zero-order chi connectivity index (χ0) is 17.1. The van der Waals surface area contributed by atoms with E-state index in [9.17, 15) is 13.2 Å². The van der Waals surface area contributed by atoms with Gasteiger partial charge in [0.2, 0.25) is 15.9 Å². The lowest BCUT2D eigenvalue weighted by atomic mass is 10.1. The molecule has 1 amide bonds. The number of nitrogens with one attached hydrogen (secondary N) is 2. The SMILES string of the molecule is Cc1ccc(NC(=O)C(C)CN)cc1S(=O)(=O)NC(C)(C)C. The molecule has 1 rings (SSSR count). The number of rotatable bonds is 5. The van der Waals surface area contributed by atoms with Crippen molar-refractivity contribution in [1.29, 1.82) is 0 Å². The van der Waals surface area contributed by atoms with Gasteiger partial charge in [0.1, 0.15) is 0 Å². The Morgan fingerprint density at radius 3 is 2.41 bits per heavy atom. The Kier molecular flexibility index (Phi) is 5.72. The van der Waals surface area contributed by atoms with Crippen LogP contribution in [0.4, 0.5) is 5.69 Å². The Balaban J connectivity index is 3.13. The molecule has 0 aliphatic carbocycles. The zero-order valence-corrected chi connectivity index (χ0v) is 14.5. The first kappa shape index (κ1) is 18.6. The van der Waals surface area contributed by atoms with Gasteiger partial charge in [0.25, 0.3) is 0 Å². The molecule has 6 nitrogen and oxygen atoms in total. The van der Waals surface area contributed by atoms with E-state index >= 15 is 0 Å². The Hall–Kier alpha value is -1.44. The normalized spacial score (nSPS) is 13.7. The summed E-state index contributed by atoms with van der Waals surface area (Å²) in [6.45, 7) is 8.97. The van der Waals surface area contributed by atoms with Crippen LogP contribution in [0.1, 0.15) is 33.3 Å². The molecule has 0 saturated heterocycles. The summed E-state index contributed by atoms with van der Waals surface area (Å²) in [6.07, 6.45) is 0. The summed E-state index contributed by atoms with van der Waals surface area (Å²) in [7, 11) is -3.66. The summed E-state index contributed by atoms with van der Waals surface area (Å²) in [6, 6.07) is 4.80. The van der Waals surface area contributed by atoms with Crippen molar-refractivity contribution in [3.63, 3.8) is 0 Å². The molecule has 1 aromatic carbocycles. The van der Waals surface area contributed by atoms with Crippen LogP contribution in [0.2, 0.25) is 0 Å². The van der Waals surface area contributed by atoms with Gasteiger partial charge in [0.05, 0.1) is 4.90 Å². The highest BCUT2D eigenvalue weighted by Gasteiger charge is 2.24. The Bertz CT molecular complexity index is 648. The Morgan fingerprint density at radius 2 is 1.91 bits per heavy atom. The van der Waals surface area contributed by atoms with Gasteiger partial charge in [-0.1, -0.05) is 13.0 Å². The predicted molar refractivity (Wildman–Crippen MR) is 88.1 cm³/mol. The molecule has 124 valence electrons. The third-order valence-corrected chi connectivity index (χ3v) is 4.89. The molecule has 0 aliphatic rings. The Morgan fingerprint density at radius 1 is 1.32 bits per heavy atom. The standard InChI is InChI=1S/C15H25N3O3S/c1-10-6-7-12(17-14(19)11(2)9-16)8-13(10)22(20,21)18-15(3,4)5/h6-8,11,18H,9,16H2,1-5H3,(H,17,19). The minimum absolute atomic E-state index is 0.153. The first-order chi connectivity index (χ1) is 9.96. The molecule has 1 atom stereocenters. The van der Waals surface area contributed by atoms with Crippen LogP contribution >= 0.6 is 0 Å². The number of sulfonamides is 1. The van der Waals surface area contributed by atoms with E-state index in [0.717, 1.165) is 0 Å². The molecule has 0 bridgehead atoms. The lowest BCUT2D eigenvalue weighted by Crippen LogP contribution is -2.40. The maximum atomic E-state index is 12.5. The molecule has 0 radical (unpaired) electrons. The highest BCUT2D eigenvalue weighted by Crippen LogP contribution is 2.22. The van der Waals surface area contributed by atoms with E-state index in [1.54, 1.807) is 46.8 Å². The zero-order valence-electron chi connectivity index (χ0n) is 13.7. The molecule has 4 N–H and O–H groups in total. The van der Waals surface area contributed by atoms with Gasteiger partial charge in [0, 0.05) is 23.7 Å². The van der Waals surface area contributed by atoms with Crippen molar-refractivity contribution in [2.75, 3.05) is 11.9 Å². The van der Waals surface area contributed by atoms with Crippen LogP contribution in [-0.2, 0) is 14.8 Å². The highest BCUT2D eigenvalue weighted by atomic mass is 32.2. The molecule has 0 saturated carbocycles. The maximum absolute atomic E-state index is 12.5. The maximum Gasteiger partial charge on any atom is 0.241 e. The summed E-state index contributed by atoms with van der Waals surface area (Å²) in [5.74, 6) is -0.576. The predicted octanol–water partition coefficient (Wildman–Crippen LogP) is 1.61. The number of hydrogen-bond acceptors (Lipinski definition) is 4. The van der Waals surface area contributed by atoms with Crippen molar-refractivity contribution in [1.82, 2.24) is 4.72 Å². The number of carbonyl (C=O) groups is 1. The lowest BCUT2D eigenvalue weighted by Gasteiger charge is -2.21. The first-order valence-corrected chi connectivity index (χ1v) is 8.60. The van der Waals surface area contributed by atoms with E-state index in [1.165, 1.54) is 6.07 Å². The first-order valence-electron chi connectivity index (χ1n) is 7.12. The third-order valence-electron chi connectivity index (χ3n) is 2.99. The van der Waals surface area contributed by atoms with Gasteiger partial charge in [-0.15, -0.1) is 0 Å². The van der Waals surface area contributed by atoms with Crippen LogP contribution in [0.5, 0.6) is 0 Å². The van der Waals surface area contributed by atoms with Crippen LogP contribution in [0.15, 0.2) is 23.1 Å². The largest absolute Gasteiger partial charge is 0.330 e. The average Bonchev–Trinajstić information content (AvgIpc) is 2.36. The van der Waals surface area contributed by atoms with Crippen LogP contribution in [0.3, 0.4) is 0 Å². The molecular weight excluding hydrogens is 302 g/mol. The molecule has 0 spiro atoms. The third kappa shape index (κ3) is 5.08. The van der Waals surface area contributed by atoms with Crippen LogP contribution in [-0.4, -0.2) is 26.4 Å². The number of amides is 1. The number of anilines is 1. The van der Waals surface area contributed by atoms with Gasteiger partial charge in [-0.2, -0.15) is 0 Å². The van der Waals surface area contributed by atoms with Crippen molar-refractivity contribution in [3.8, 4) is 0 Å². The van der Waals surface area contributed by atoms with Crippen LogP contribution < -0.4 is 15.8 Å². The second kappa shape index (κ2) is 6.76. The van der Waals surface area contributed by atoms with E-state index in [2.05, 4.69) is 10.0 Å². The summed E-state index contributed by atoms with van der Waals surface area (Å²) in [4.78, 5) is 12.0. The smallest absolute Gasteiger partial charge is 0.241 e. The van der Waals surface area contributed by atoms with Crippen molar-refractivity contribution in [3.05, 3.63) is 23.8 Å². The number of nitrogens with two attached hydrogens (primary N) is 1.